The van der Waals surface area contributed by atoms with E-state index in [0.717, 1.165) is 0 Å². The Hall–Kier alpha value is -2.82. The summed E-state index contributed by atoms with van der Waals surface area (Å²) >= 11 is 0. The van der Waals surface area contributed by atoms with E-state index in [2.05, 4.69) is 0 Å². The van der Waals surface area contributed by atoms with Crippen LogP contribution in [0.3, 0.4) is 0 Å². The summed E-state index contributed by atoms with van der Waals surface area (Å²) in [4.78, 5) is 23.9. The molecule has 1 aliphatic rings. The van der Waals surface area contributed by atoms with Crippen LogP contribution in [0, 0.1) is 0 Å². The molecule has 0 saturated heterocycles. The van der Waals surface area contributed by atoms with Crippen LogP contribution in [-0.4, -0.2) is 22.0 Å². The topological polar surface area (TPSA) is 83.8 Å². The molecule has 0 aliphatic carbocycles. The van der Waals surface area contributed by atoms with Gasteiger partial charge >= 0.3 is 5.97 Å². The van der Waals surface area contributed by atoms with Crippen LogP contribution in [0.5, 0.6) is 11.5 Å². The third kappa shape index (κ3) is 2.33. The number of ether oxygens (including phenoxy) is 1. The number of carbonyl (C=O) groups is 2. The zero-order chi connectivity index (χ0) is 15.0. The Kier molecular flexibility index (Phi) is 3.10. The highest BCUT2D eigenvalue weighted by atomic mass is 16.5. The maximum absolute atomic E-state index is 12.2. The van der Waals surface area contributed by atoms with Gasteiger partial charge in [0.25, 0.3) is 0 Å². The molecule has 0 aromatic heterocycles. The molecule has 106 valence electrons. The predicted molar refractivity (Wildman–Crippen MR) is 73.3 cm³/mol. The number of rotatable bonds is 3. The molecule has 5 nitrogen and oxygen atoms in total. The van der Waals surface area contributed by atoms with Gasteiger partial charge in [0.2, 0.25) is 0 Å². The number of fused-ring (bicyclic) bond motifs is 1. The molecular weight excluding hydrogens is 272 g/mol. The fraction of sp³-hybridized carbons (Fsp3) is 0.125. The van der Waals surface area contributed by atoms with Gasteiger partial charge in [0.05, 0.1) is 17.5 Å². The Morgan fingerprint density at radius 1 is 1.14 bits per heavy atom. The number of cyclic esters (lactones) is 1. The number of hydrogen-bond acceptors (Lipinski definition) is 5. The monoisotopic (exact) mass is 284 g/mol. The van der Waals surface area contributed by atoms with Crippen molar-refractivity contribution >= 4 is 11.8 Å². The normalized spacial score (nSPS) is 16.4. The first-order chi connectivity index (χ1) is 10.1. The molecule has 0 fully saturated rings. The lowest BCUT2D eigenvalue weighted by Crippen LogP contribution is -2.08. The first-order valence-corrected chi connectivity index (χ1v) is 6.41. The zero-order valence-electron chi connectivity index (χ0n) is 10.9. The van der Waals surface area contributed by atoms with E-state index in [1.165, 1.54) is 18.2 Å². The Morgan fingerprint density at radius 2 is 1.90 bits per heavy atom. The van der Waals surface area contributed by atoms with Gasteiger partial charge in [0.1, 0.15) is 17.6 Å². The van der Waals surface area contributed by atoms with Crippen LogP contribution in [-0.2, 0) is 4.74 Å². The van der Waals surface area contributed by atoms with Crippen LogP contribution in [0.25, 0.3) is 0 Å². The lowest BCUT2D eigenvalue weighted by atomic mass is 9.98. The highest BCUT2D eigenvalue weighted by Crippen LogP contribution is 2.35. The van der Waals surface area contributed by atoms with E-state index in [1.807, 2.05) is 0 Å². The molecule has 2 aromatic rings. The minimum Gasteiger partial charge on any atom is -0.508 e. The summed E-state index contributed by atoms with van der Waals surface area (Å²) in [6.07, 6.45) is -0.748. The second-order valence-corrected chi connectivity index (χ2v) is 4.81. The van der Waals surface area contributed by atoms with Crippen LogP contribution in [0.4, 0.5) is 0 Å². The highest BCUT2D eigenvalue weighted by Gasteiger charge is 2.32. The molecule has 0 amide bonds. The number of hydrogen-bond donors (Lipinski definition) is 2. The average Bonchev–Trinajstić information content (AvgIpc) is 2.78. The number of esters is 1. The first kappa shape index (κ1) is 13.2. The van der Waals surface area contributed by atoms with Crippen molar-refractivity contribution in [3.05, 3.63) is 59.2 Å². The van der Waals surface area contributed by atoms with Gasteiger partial charge in [-0.15, -0.1) is 0 Å². The summed E-state index contributed by atoms with van der Waals surface area (Å²) in [7, 11) is 0. The smallest absolute Gasteiger partial charge is 0.339 e. The van der Waals surface area contributed by atoms with Crippen molar-refractivity contribution in [3.63, 3.8) is 0 Å². The molecule has 0 spiro atoms. The van der Waals surface area contributed by atoms with Crippen molar-refractivity contribution in [2.75, 3.05) is 0 Å². The molecule has 1 unspecified atom stereocenters. The molecule has 1 atom stereocenters. The lowest BCUT2D eigenvalue weighted by Gasteiger charge is -2.10. The number of phenolic OH excluding ortho intramolecular Hbond substituents is 2. The fourth-order valence-corrected chi connectivity index (χ4v) is 2.40. The van der Waals surface area contributed by atoms with Crippen LogP contribution >= 0.6 is 0 Å². The number of aromatic hydroxyl groups is 2. The van der Waals surface area contributed by atoms with Gasteiger partial charge in [-0.1, -0.05) is 18.2 Å². The summed E-state index contributed by atoms with van der Waals surface area (Å²) in [6.45, 7) is 0. The second-order valence-electron chi connectivity index (χ2n) is 4.81. The number of Topliss-reactive ketones (excluding diaryl/α,β-unsaturated/α-hetero) is 1. The Morgan fingerprint density at radius 3 is 2.71 bits per heavy atom. The van der Waals surface area contributed by atoms with Crippen LogP contribution in [0.15, 0.2) is 42.5 Å². The van der Waals surface area contributed by atoms with Gasteiger partial charge in [0, 0.05) is 5.56 Å². The molecule has 3 rings (SSSR count). The minimum atomic E-state index is -0.664. The SMILES string of the molecule is O=C(CC1OC(=O)c2ccccc21)c1cc(O)ccc1O. The Labute approximate surface area is 120 Å². The minimum absolute atomic E-state index is 0.00966. The summed E-state index contributed by atoms with van der Waals surface area (Å²) in [5, 5.41) is 19.1. The summed E-state index contributed by atoms with van der Waals surface area (Å²) in [5.74, 6) is -1.18. The van der Waals surface area contributed by atoms with Gasteiger partial charge in [-0.3, -0.25) is 4.79 Å². The van der Waals surface area contributed by atoms with Gasteiger partial charge in [-0.2, -0.15) is 0 Å². The molecule has 2 N–H and O–H groups in total. The van der Waals surface area contributed by atoms with E-state index in [0.29, 0.717) is 11.1 Å². The van der Waals surface area contributed by atoms with Gasteiger partial charge in [-0.05, 0) is 24.3 Å². The van der Waals surface area contributed by atoms with E-state index < -0.39 is 17.9 Å². The third-order valence-electron chi connectivity index (χ3n) is 3.43. The molecule has 1 aliphatic heterocycles. The van der Waals surface area contributed by atoms with Crippen molar-refractivity contribution < 1.29 is 24.5 Å². The lowest BCUT2D eigenvalue weighted by molar-refractivity contribution is 0.0367. The summed E-state index contributed by atoms with van der Waals surface area (Å²) in [6, 6.07) is 10.6. The van der Waals surface area contributed by atoms with Crippen molar-refractivity contribution in [2.24, 2.45) is 0 Å². The average molecular weight is 284 g/mol. The van der Waals surface area contributed by atoms with Crippen molar-refractivity contribution in [1.29, 1.82) is 0 Å². The van der Waals surface area contributed by atoms with Gasteiger partial charge in [-0.25, -0.2) is 4.79 Å². The molecular formula is C16H12O5. The van der Waals surface area contributed by atoms with E-state index >= 15 is 0 Å². The standard InChI is InChI=1S/C16H12O5/c17-9-5-6-13(18)12(7-9)14(19)8-15-10-3-1-2-4-11(10)16(20)21-15/h1-7,15,17-18H,8H2. The maximum atomic E-state index is 12.2. The largest absolute Gasteiger partial charge is 0.508 e. The van der Waals surface area contributed by atoms with E-state index in [1.54, 1.807) is 24.3 Å². The molecule has 1 heterocycles. The summed E-state index contributed by atoms with van der Waals surface area (Å²) in [5.41, 5.74) is 1.13. The third-order valence-corrected chi connectivity index (χ3v) is 3.43. The molecule has 0 bridgehead atoms. The van der Waals surface area contributed by atoms with Crippen LogP contribution in [0.1, 0.15) is 38.8 Å². The number of phenols is 2. The highest BCUT2D eigenvalue weighted by molar-refractivity contribution is 6.00. The molecule has 5 heteroatoms. The Balaban J connectivity index is 1.87. The second kappa shape index (κ2) is 4.94. The van der Waals surface area contributed by atoms with Crippen molar-refractivity contribution in [3.8, 4) is 11.5 Å². The van der Waals surface area contributed by atoms with E-state index in [9.17, 15) is 19.8 Å². The van der Waals surface area contributed by atoms with E-state index in [-0.39, 0.29) is 23.5 Å². The number of benzene rings is 2. The van der Waals surface area contributed by atoms with Crippen molar-refractivity contribution in [1.82, 2.24) is 0 Å². The van der Waals surface area contributed by atoms with Gasteiger partial charge in [0.15, 0.2) is 5.78 Å². The predicted octanol–water partition coefficient (Wildman–Crippen LogP) is 2.58. The quantitative estimate of drug-likeness (QED) is 0.514. The first-order valence-electron chi connectivity index (χ1n) is 6.41. The van der Waals surface area contributed by atoms with Crippen LogP contribution in [0.2, 0.25) is 0 Å². The Bertz CT molecular complexity index is 735. The summed E-state index contributed by atoms with van der Waals surface area (Å²) < 4.78 is 5.19. The van der Waals surface area contributed by atoms with Crippen LogP contribution < -0.4 is 0 Å². The van der Waals surface area contributed by atoms with Crippen molar-refractivity contribution in [2.45, 2.75) is 12.5 Å². The molecule has 2 aromatic carbocycles. The number of ketones is 1. The molecule has 0 saturated carbocycles. The molecule has 0 radical (unpaired) electrons. The maximum Gasteiger partial charge on any atom is 0.339 e. The zero-order valence-corrected chi connectivity index (χ0v) is 10.9. The van der Waals surface area contributed by atoms with E-state index in [4.69, 9.17) is 4.74 Å². The number of carbonyl (C=O) groups excluding carboxylic acids is 2. The van der Waals surface area contributed by atoms with Gasteiger partial charge < -0.3 is 14.9 Å². The molecule has 21 heavy (non-hydrogen) atoms. The fourth-order valence-electron chi connectivity index (χ4n) is 2.40.